The predicted octanol–water partition coefficient (Wildman–Crippen LogP) is 4.41. The topological polar surface area (TPSA) is 132 Å². The minimum absolute atomic E-state index is 0.187. The zero-order chi connectivity index (χ0) is 30.5. The number of carbonyl (C=O) groups is 2. The Morgan fingerprint density at radius 1 is 0.909 bits per heavy atom. The van der Waals surface area contributed by atoms with Crippen molar-refractivity contribution in [2.24, 2.45) is 0 Å². The quantitative estimate of drug-likeness (QED) is 0.195. The van der Waals surface area contributed by atoms with Crippen molar-refractivity contribution < 1.29 is 14.3 Å². The summed E-state index contributed by atoms with van der Waals surface area (Å²) in [7, 11) is 2.10. The summed E-state index contributed by atoms with van der Waals surface area (Å²) in [6.07, 6.45) is 1.05. The van der Waals surface area contributed by atoms with Crippen LogP contribution in [0.4, 0.5) is 21.9 Å². The highest BCUT2D eigenvalue weighted by Crippen LogP contribution is 2.31. The standard InChI is InChI=1S/C33H33N7O4/c1-39-17-19-40(20-18-39)16-15-35-33(43)44-25-11-12-26-27(21-25)32(42)38-30-29(26)28(13-14-34-30)36-23-7-9-24(10-8-23)37-31(41)22-5-3-2-4-6-22/h2-14,21H,15-20H2,1H3,(H,35,43)(H,37,41)(H2,34,36,38,42). The molecule has 0 aliphatic carbocycles. The summed E-state index contributed by atoms with van der Waals surface area (Å²) in [5, 5.41) is 10.8. The van der Waals surface area contributed by atoms with Crippen LogP contribution in [0.15, 0.2) is 89.9 Å². The van der Waals surface area contributed by atoms with Crippen LogP contribution in [0.25, 0.3) is 21.8 Å². The Bertz CT molecular complexity index is 1850. The monoisotopic (exact) mass is 591 g/mol. The number of hydrogen-bond acceptors (Lipinski definition) is 8. The van der Waals surface area contributed by atoms with Gasteiger partial charge in [-0.15, -0.1) is 0 Å². The van der Waals surface area contributed by atoms with Gasteiger partial charge in [0.05, 0.1) is 11.1 Å². The molecule has 6 rings (SSSR count). The molecule has 1 saturated heterocycles. The number of rotatable bonds is 8. The van der Waals surface area contributed by atoms with Gasteiger partial charge in [-0.25, -0.2) is 9.78 Å². The molecule has 11 nitrogen and oxygen atoms in total. The average molecular weight is 592 g/mol. The number of benzene rings is 3. The van der Waals surface area contributed by atoms with Gasteiger partial charge in [0.1, 0.15) is 11.4 Å². The molecular weight excluding hydrogens is 558 g/mol. The van der Waals surface area contributed by atoms with Crippen LogP contribution in [0.2, 0.25) is 0 Å². The second-order valence-electron chi connectivity index (χ2n) is 10.7. The van der Waals surface area contributed by atoms with Crippen molar-refractivity contribution in [3.05, 3.63) is 101 Å². The molecule has 0 atom stereocenters. The van der Waals surface area contributed by atoms with Crippen LogP contribution in [0.3, 0.4) is 0 Å². The van der Waals surface area contributed by atoms with E-state index in [9.17, 15) is 14.4 Å². The van der Waals surface area contributed by atoms with E-state index in [1.165, 1.54) is 0 Å². The van der Waals surface area contributed by atoms with E-state index in [2.05, 4.69) is 42.8 Å². The summed E-state index contributed by atoms with van der Waals surface area (Å²) < 4.78 is 5.50. The van der Waals surface area contributed by atoms with Gasteiger partial charge in [-0.2, -0.15) is 0 Å². The van der Waals surface area contributed by atoms with Gasteiger partial charge >= 0.3 is 6.09 Å². The number of piperazine rings is 1. The molecule has 44 heavy (non-hydrogen) atoms. The lowest BCUT2D eigenvalue weighted by Crippen LogP contribution is -2.47. The van der Waals surface area contributed by atoms with Crippen molar-refractivity contribution in [1.29, 1.82) is 0 Å². The predicted molar refractivity (Wildman–Crippen MR) is 172 cm³/mol. The van der Waals surface area contributed by atoms with Crippen molar-refractivity contribution in [2.45, 2.75) is 0 Å². The molecule has 0 radical (unpaired) electrons. The smallest absolute Gasteiger partial charge is 0.410 e. The maximum absolute atomic E-state index is 13.0. The first-order valence-electron chi connectivity index (χ1n) is 14.5. The molecule has 11 heteroatoms. The second kappa shape index (κ2) is 12.9. The number of likely N-dealkylation sites (N-methyl/N-ethyl adjacent to an activating group) is 1. The van der Waals surface area contributed by atoms with Gasteiger partial charge in [0.2, 0.25) is 0 Å². The summed E-state index contributed by atoms with van der Waals surface area (Å²) in [6, 6.07) is 23.2. The number of anilines is 3. The van der Waals surface area contributed by atoms with Crippen LogP contribution in [0, 0.1) is 0 Å². The number of pyridine rings is 2. The zero-order valence-electron chi connectivity index (χ0n) is 24.3. The van der Waals surface area contributed by atoms with Gasteiger partial charge in [0.15, 0.2) is 0 Å². The molecule has 0 spiro atoms. The van der Waals surface area contributed by atoms with E-state index in [4.69, 9.17) is 4.74 Å². The molecule has 2 aromatic heterocycles. The SMILES string of the molecule is CN1CCN(CCNC(=O)Oc2ccc3c(c2)c(=O)[nH]c2nccc(Nc4ccc(NC(=O)c5ccccc5)cc4)c23)CC1. The number of nitrogens with zero attached hydrogens (tertiary/aromatic N) is 3. The fourth-order valence-corrected chi connectivity index (χ4v) is 5.22. The Morgan fingerprint density at radius 2 is 1.66 bits per heavy atom. The number of carbonyl (C=O) groups excluding carboxylic acids is 2. The number of aromatic amines is 1. The largest absolute Gasteiger partial charge is 0.412 e. The van der Waals surface area contributed by atoms with Gasteiger partial charge in [0, 0.05) is 73.2 Å². The maximum Gasteiger partial charge on any atom is 0.412 e. The first-order valence-corrected chi connectivity index (χ1v) is 14.5. The molecule has 1 aliphatic rings. The fourth-order valence-electron chi connectivity index (χ4n) is 5.22. The summed E-state index contributed by atoms with van der Waals surface area (Å²) in [5.41, 5.74) is 2.84. The number of hydrogen-bond donors (Lipinski definition) is 4. The van der Waals surface area contributed by atoms with Gasteiger partial charge in [-0.3, -0.25) is 14.5 Å². The van der Waals surface area contributed by atoms with E-state index in [0.29, 0.717) is 39.6 Å². The lowest BCUT2D eigenvalue weighted by Gasteiger charge is -2.32. The summed E-state index contributed by atoms with van der Waals surface area (Å²) in [4.78, 5) is 49.7. The third kappa shape index (κ3) is 6.69. The fraction of sp³-hybridized carbons (Fsp3) is 0.212. The first-order chi connectivity index (χ1) is 21.4. The molecule has 3 aromatic carbocycles. The van der Waals surface area contributed by atoms with Crippen molar-refractivity contribution in [2.75, 3.05) is 56.9 Å². The lowest BCUT2D eigenvalue weighted by molar-refractivity contribution is 0.102. The number of H-pyrrole nitrogens is 1. The van der Waals surface area contributed by atoms with Gasteiger partial charge in [0.25, 0.3) is 11.5 Å². The number of nitrogens with one attached hydrogen (secondary N) is 4. The Kier molecular flexibility index (Phi) is 8.48. The molecule has 4 N–H and O–H groups in total. The van der Waals surface area contributed by atoms with Gasteiger partial charge in [-0.1, -0.05) is 18.2 Å². The van der Waals surface area contributed by atoms with Crippen LogP contribution in [-0.4, -0.2) is 78.1 Å². The van der Waals surface area contributed by atoms with Crippen LogP contribution in [-0.2, 0) is 0 Å². The number of fused-ring (bicyclic) bond motifs is 3. The molecule has 2 amide bonds. The van der Waals surface area contributed by atoms with E-state index in [0.717, 1.165) is 44.1 Å². The van der Waals surface area contributed by atoms with Crippen molar-refractivity contribution in [3.63, 3.8) is 0 Å². The highest BCUT2D eigenvalue weighted by Gasteiger charge is 2.15. The van der Waals surface area contributed by atoms with Gasteiger partial charge < -0.3 is 30.6 Å². The van der Waals surface area contributed by atoms with Crippen molar-refractivity contribution in [3.8, 4) is 5.75 Å². The highest BCUT2D eigenvalue weighted by atomic mass is 16.6. The van der Waals surface area contributed by atoms with E-state index < -0.39 is 6.09 Å². The molecule has 0 saturated carbocycles. The van der Waals surface area contributed by atoms with Crippen LogP contribution < -0.4 is 26.2 Å². The molecule has 0 unspecified atom stereocenters. The first kappa shape index (κ1) is 28.8. The molecule has 0 bridgehead atoms. The third-order valence-electron chi connectivity index (χ3n) is 7.65. The molecule has 1 fully saturated rings. The van der Waals surface area contributed by atoms with Crippen LogP contribution >= 0.6 is 0 Å². The van der Waals surface area contributed by atoms with Crippen molar-refractivity contribution in [1.82, 2.24) is 25.1 Å². The Morgan fingerprint density at radius 3 is 2.43 bits per heavy atom. The Balaban J connectivity index is 1.16. The number of aromatic nitrogens is 2. The molecule has 224 valence electrons. The van der Waals surface area contributed by atoms with Crippen molar-refractivity contribution >= 4 is 50.9 Å². The summed E-state index contributed by atoms with van der Waals surface area (Å²) >= 11 is 0. The van der Waals surface area contributed by atoms with Crippen LogP contribution in [0.1, 0.15) is 10.4 Å². The Hall–Kier alpha value is -5.26. The minimum Gasteiger partial charge on any atom is -0.410 e. The lowest BCUT2D eigenvalue weighted by atomic mass is 10.1. The average Bonchev–Trinajstić information content (AvgIpc) is 3.03. The maximum atomic E-state index is 13.0. The number of ether oxygens (including phenoxy) is 1. The summed E-state index contributed by atoms with van der Waals surface area (Å²) in [6.45, 7) is 5.19. The zero-order valence-corrected chi connectivity index (χ0v) is 24.3. The highest BCUT2D eigenvalue weighted by molar-refractivity contribution is 6.11. The van der Waals surface area contributed by atoms with E-state index in [1.807, 2.05) is 48.5 Å². The molecule has 3 heterocycles. The van der Waals surface area contributed by atoms with E-state index in [-0.39, 0.29) is 17.2 Å². The van der Waals surface area contributed by atoms with E-state index >= 15 is 0 Å². The third-order valence-corrected chi connectivity index (χ3v) is 7.65. The minimum atomic E-state index is -0.567. The molecule has 5 aromatic rings. The Labute approximate surface area is 253 Å². The van der Waals surface area contributed by atoms with Gasteiger partial charge in [-0.05, 0) is 67.7 Å². The van der Waals surface area contributed by atoms with Crippen LogP contribution in [0.5, 0.6) is 5.75 Å². The number of amides is 2. The molecule has 1 aliphatic heterocycles. The summed E-state index contributed by atoms with van der Waals surface area (Å²) in [5.74, 6) is 0.0827. The normalized spacial score (nSPS) is 13.9. The second-order valence-corrected chi connectivity index (χ2v) is 10.7. The van der Waals surface area contributed by atoms with E-state index in [1.54, 1.807) is 36.5 Å². The molecular formula is C33H33N7O4.